The van der Waals surface area contributed by atoms with E-state index in [2.05, 4.69) is 0 Å². The van der Waals surface area contributed by atoms with Gasteiger partial charge in [0.1, 0.15) is 5.82 Å². The lowest BCUT2D eigenvalue weighted by molar-refractivity contribution is 0.104. The number of ketones is 1. The van der Waals surface area contributed by atoms with Gasteiger partial charge in [-0.25, -0.2) is 4.39 Å². The number of thiophene rings is 1. The van der Waals surface area contributed by atoms with Gasteiger partial charge in [-0.2, -0.15) is 0 Å². The van der Waals surface area contributed by atoms with Crippen LogP contribution in [0.2, 0.25) is 9.36 Å². The summed E-state index contributed by atoms with van der Waals surface area (Å²) in [7, 11) is 0. The third-order valence-electron chi connectivity index (χ3n) is 2.20. The molecule has 0 spiro atoms. The number of hydrogen-bond acceptors (Lipinski definition) is 2. The Labute approximate surface area is 117 Å². The summed E-state index contributed by atoms with van der Waals surface area (Å²) >= 11 is 12.8. The van der Waals surface area contributed by atoms with Crippen LogP contribution >= 0.6 is 34.5 Å². The van der Waals surface area contributed by atoms with Gasteiger partial charge in [0.15, 0.2) is 5.78 Å². The second-order valence-electron chi connectivity index (χ2n) is 3.47. The lowest BCUT2D eigenvalue weighted by Crippen LogP contribution is -1.94. The molecule has 0 N–H and O–H groups in total. The Morgan fingerprint density at radius 1 is 1.22 bits per heavy atom. The quantitative estimate of drug-likeness (QED) is 0.570. The van der Waals surface area contributed by atoms with Gasteiger partial charge in [0, 0.05) is 10.4 Å². The molecule has 0 fully saturated rings. The number of carbonyl (C=O) groups excluding carboxylic acids is 1. The molecule has 1 aromatic heterocycles. The smallest absolute Gasteiger partial charge is 0.185 e. The highest BCUT2D eigenvalue weighted by molar-refractivity contribution is 7.17. The fraction of sp³-hybridized carbons (Fsp3) is 0. The van der Waals surface area contributed by atoms with Crippen molar-refractivity contribution in [3.63, 3.8) is 0 Å². The Morgan fingerprint density at radius 2 is 2.00 bits per heavy atom. The van der Waals surface area contributed by atoms with Gasteiger partial charge in [0.25, 0.3) is 0 Å². The molecule has 1 nitrogen and oxygen atoms in total. The molecule has 0 unspecified atom stereocenters. The average Bonchev–Trinajstić information content (AvgIpc) is 2.75. The zero-order valence-electron chi connectivity index (χ0n) is 8.99. The van der Waals surface area contributed by atoms with Crippen LogP contribution < -0.4 is 0 Å². The number of benzene rings is 1. The molecule has 0 saturated carbocycles. The maximum atomic E-state index is 12.9. The number of hydrogen-bond donors (Lipinski definition) is 0. The highest BCUT2D eigenvalue weighted by atomic mass is 35.5. The van der Waals surface area contributed by atoms with Crippen LogP contribution in [0.25, 0.3) is 6.08 Å². The molecule has 2 aromatic rings. The molecule has 0 radical (unpaired) electrons. The number of carbonyl (C=O) groups is 1. The van der Waals surface area contributed by atoms with Crippen molar-refractivity contribution in [2.75, 3.05) is 0 Å². The summed E-state index contributed by atoms with van der Waals surface area (Å²) in [6.07, 6.45) is 3.07. The SMILES string of the molecule is O=C(/C=C/c1ccc(Cl)s1)c1ccc(F)c(Cl)c1. The van der Waals surface area contributed by atoms with E-state index in [1.807, 2.05) is 6.07 Å². The molecule has 0 aliphatic rings. The van der Waals surface area contributed by atoms with E-state index >= 15 is 0 Å². The van der Waals surface area contributed by atoms with E-state index in [1.54, 1.807) is 12.1 Å². The molecule has 0 aliphatic carbocycles. The summed E-state index contributed by atoms with van der Waals surface area (Å²) in [5.74, 6) is -0.774. The van der Waals surface area contributed by atoms with Crippen molar-refractivity contribution in [3.8, 4) is 0 Å². The molecule has 2 rings (SSSR count). The lowest BCUT2D eigenvalue weighted by atomic mass is 10.1. The minimum Gasteiger partial charge on any atom is -0.289 e. The Kier molecular flexibility index (Phi) is 4.17. The first kappa shape index (κ1) is 13.3. The normalized spacial score (nSPS) is 11.1. The van der Waals surface area contributed by atoms with Gasteiger partial charge in [-0.15, -0.1) is 11.3 Å². The maximum absolute atomic E-state index is 12.9. The summed E-state index contributed by atoms with van der Waals surface area (Å²) in [5, 5.41) is -0.0616. The standard InChI is InChI=1S/C13H7Cl2FOS/c14-10-7-8(1-4-11(10)16)12(17)5-2-9-3-6-13(15)18-9/h1-7H/b5-2+. The van der Waals surface area contributed by atoms with Crippen molar-refractivity contribution in [1.29, 1.82) is 0 Å². The fourth-order valence-electron chi connectivity index (χ4n) is 1.32. The first-order valence-electron chi connectivity index (χ1n) is 4.99. The van der Waals surface area contributed by atoms with Gasteiger partial charge in [0.2, 0.25) is 0 Å². The van der Waals surface area contributed by atoms with Gasteiger partial charge >= 0.3 is 0 Å². The van der Waals surface area contributed by atoms with Crippen LogP contribution in [0.4, 0.5) is 4.39 Å². The second kappa shape index (κ2) is 5.65. The van der Waals surface area contributed by atoms with E-state index in [1.165, 1.54) is 35.6 Å². The minimum atomic E-state index is -0.540. The van der Waals surface area contributed by atoms with Gasteiger partial charge in [-0.3, -0.25) is 4.79 Å². The molecule has 92 valence electrons. The van der Waals surface area contributed by atoms with Crippen molar-refractivity contribution >= 4 is 46.4 Å². The number of halogens is 3. The molecule has 1 heterocycles. The van der Waals surface area contributed by atoms with Gasteiger partial charge < -0.3 is 0 Å². The van der Waals surface area contributed by atoms with Gasteiger partial charge in [-0.1, -0.05) is 23.2 Å². The maximum Gasteiger partial charge on any atom is 0.185 e. The number of rotatable bonds is 3. The number of allylic oxidation sites excluding steroid dienone is 1. The van der Waals surface area contributed by atoms with Gasteiger partial charge in [0.05, 0.1) is 9.36 Å². The van der Waals surface area contributed by atoms with Crippen LogP contribution in [0.15, 0.2) is 36.4 Å². The van der Waals surface area contributed by atoms with Crippen LogP contribution in [0.3, 0.4) is 0 Å². The summed E-state index contributed by atoms with van der Waals surface area (Å²) in [6, 6.07) is 7.45. The third-order valence-corrected chi connectivity index (χ3v) is 3.68. The van der Waals surface area contributed by atoms with Crippen LogP contribution in [0.5, 0.6) is 0 Å². The molecular weight excluding hydrogens is 294 g/mol. The predicted molar refractivity (Wildman–Crippen MR) is 74.1 cm³/mol. The molecular formula is C13H7Cl2FOS. The van der Waals surface area contributed by atoms with Crippen LogP contribution in [-0.2, 0) is 0 Å². The lowest BCUT2D eigenvalue weighted by Gasteiger charge is -1.97. The predicted octanol–water partition coefficient (Wildman–Crippen LogP) is 5.09. The highest BCUT2D eigenvalue weighted by Crippen LogP contribution is 2.23. The van der Waals surface area contributed by atoms with E-state index in [-0.39, 0.29) is 10.8 Å². The largest absolute Gasteiger partial charge is 0.289 e. The molecule has 0 saturated heterocycles. The van der Waals surface area contributed by atoms with Crippen molar-refractivity contribution in [2.45, 2.75) is 0 Å². The van der Waals surface area contributed by atoms with E-state index in [4.69, 9.17) is 23.2 Å². The summed E-state index contributed by atoms with van der Waals surface area (Å²) < 4.78 is 13.6. The van der Waals surface area contributed by atoms with E-state index in [0.717, 1.165) is 4.88 Å². The first-order chi connectivity index (χ1) is 8.56. The molecule has 0 atom stereocenters. The highest BCUT2D eigenvalue weighted by Gasteiger charge is 2.06. The molecule has 1 aromatic carbocycles. The van der Waals surface area contributed by atoms with Crippen LogP contribution in [0, 0.1) is 5.82 Å². The molecule has 0 amide bonds. The van der Waals surface area contributed by atoms with E-state index < -0.39 is 5.82 Å². The fourth-order valence-corrected chi connectivity index (χ4v) is 2.47. The Bertz CT molecular complexity index is 619. The second-order valence-corrected chi connectivity index (χ2v) is 5.62. The molecule has 18 heavy (non-hydrogen) atoms. The Morgan fingerprint density at radius 3 is 2.61 bits per heavy atom. The third kappa shape index (κ3) is 3.19. The molecule has 0 bridgehead atoms. The van der Waals surface area contributed by atoms with Gasteiger partial charge in [-0.05, 0) is 42.5 Å². The van der Waals surface area contributed by atoms with Crippen molar-refractivity contribution in [1.82, 2.24) is 0 Å². The summed E-state index contributed by atoms with van der Waals surface area (Å²) in [6.45, 7) is 0. The summed E-state index contributed by atoms with van der Waals surface area (Å²) in [5.41, 5.74) is 0.348. The topological polar surface area (TPSA) is 17.1 Å². The van der Waals surface area contributed by atoms with E-state index in [0.29, 0.717) is 9.90 Å². The Balaban J connectivity index is 2.16. The molecule has 5 heteroatoms. The van der Waals surface area contributed by atoms with E-state index in [9.17, 15) is 9.18 Å². The summed E-state index contributed by atoms with van der Waals surface area (Å²) in [4.78, 5) is 12.7. The van der Waals surface area contributed by atoms with Crippen LogP contribution in [0.1, 0.15) is 15.2 Å². The monoisotopic (exact) mass is 300 g/mol. The van der Waals surface area contributed by atoms with Crippen LogP contribution in [-0.4, -0.2) is 5.78 Å². The average molecular weight is 301 g/mol. The Hall–Kier alpha value is -1.16. The zero-order valence-corrected chi connectivity index (χ0v) is 11.3. The first-order valence-corrected chi connectivity index (χ1v) is 6.56. The zero-order chi connectivity index (χ0) is 13.1. The van der Waals surface area contributed by atoms with Crippen molar-refractivity contribution in [3.05, 3.63) is 62.0 Å². The van der Waals surface area contributed by atoms with Crippen molar-refractivity contribution < 1.29 is 9.18 Å². The molecule has 0 aliphatic heterocycles. The minimum absolute atomic E-state index is 0.0616. The van der Waals surface area contributed by atoms with Crippen molar-refractivity contribution in [2.24, 2.45) is 0 Å².